The molecule has 1 aliphatic carbocycles. The maximum Gasteiger partial charge on any atom is 0.326 e. The lowest BCUT2D eigenvalue weighted by Crippen LogP contribution is -2.51. The highest BCUT2D eigenvalue weighted by atomic mass is 19.1. The van der Waals surface area contributed by atoms with Gasteiger partial charge in [0.25, 0.3) is 0 Å². The van der Waals surface area contributed by atoms with E-state index in [1.54, 1.807) is 0 Å². The predicted octanol–water partition coefficient (Wildman–Crippen LogP) is 3.34. The first-order chi connectivity index (χ1) is 38.4. The van der Waals surface area contributed by atoms with E-state index in [0.717, 1.165) is 28.5 Å². The Bertz CT molecular complexity index is 2520. The molecule has 0 aliphatic heterocycles. The van der Waals surface area contributed by atoms with Crippen LogP contribution in [0.1, 0.15) is 89.5 Å². The molecule has 0 spiro atoms. The number of carboxylic acids is 3. The Morgan fingerprint density at radius 3 is 1.89 bits per heavy atom. The molecule has 0 saturated heterocycles. The van der Waals surface area contributed by atoms with Crippen LogP contribution < -0.4 is 42.0 Å². The Labute approximate surface area is 462 Å². The summed E-state index contributed by atoms with van der Waals surface area (Å²) in [6.45, 7) is 3.64. The number of carboxylic acid groups (broad SMARTS) is 3. The summed E-state index contributed by atoms with van der Waals surface area (Å²) in [5.41, 5.74) is 0.791. The van der Waals surface area contributed by atoms with Crippen LogP contribution in [0.4, 0.5) is 13.6 Å². The summed E-state index contributed by atoms with van der Waals surface area (Å²) in [4.78, 5) is 112. The highest BCUT2D eigenvalue weighted by Gasteiger charge is 2.31. The smallest absolute Gasteiger partial charge is 0.326 e. The van der Waals surface area contributed by atoms with Gasteiger partial charge in [-0.25, -0.2) is 23.2 Å². The second-order valence-electron chi connectivity index (χ2n) is 19.3. The minimum Gasteiger partial charge on any atom is -0.491 e. The minimum atomic E-state index is -1.56. The van der Waals surface area contributed by atoms with Crippen LogP contribution in [0.3, 0.4) is 0 Å². The molecule has 10 N–H and O–H groups in total. The van der Waals surface area contributed by atoms with Gasteiger partial charge in [0.05, 0.1) is 46.2 Å². The number of urea groups is 1. The first-order valence-electron chi connectivity index (χ1n) is 26.8. The maximum atomic E-state index is 14.2. The van der Waals surface area contributed by atoms with Gasteiger partial charge in [-0.1, -0.05) is 42.5 Å². The fourth-order valence-corrected chi connectivity index (χ4v) is 8.65. The van der Waals surface area contributed by atoms with Crippen LogP contribution >= 0.6 is 0 Å². The summed E-state index contributed by atoms with van der Waals surface area (Å²) >= 11 is 0. The summed E-state index contributed by atoms with van der Waals surface area (Å²) in [6.07, 6.45) is 1.98. The van der Waals surface area contributed by atoms with E-state index in [4.69, 9.17) is 24.1 Å². The zero-order chi connectivity index (χ0) is 58.2. The molecule has 0 bridgehead atoms. The Kier molecular flexibility index (Phi) is 29.2. The molecule has 4 rings (SSSR count). The third kappa shape index (κ3) is 25.5. The van der Waals surface area contributed by atoms with Crippen LogP contribution in [0, 0.1) is 23.5 Å². The SMILES string of the molecule is CC(=O)NCCOCCOCCOCCC(=O)N[C@@H](CCCOc1ccc(F)cc1F)C(=O)NCC1CCC(C(=O)N[C@@H](Cc2ccc3ccccc3c2)C(=O)NCCCC[C@H](NC(=O)N[C@@H](CCC(=O)O)C(=O)O)C(=O)O)CC1. The molecule has 7 amide bonds. The standard InChI is InChI=1S/C55H75F2N7O16/c1-35(65)58-23-26-78-28-30-79-29-27-77-25-21-48(66)61-43(10-6-24-80-47-19-17-41(56)33-42(47)57)51(70)60-34-36-11-15-39(16-12-36)50(69)62-46(32-37-13-14-38-7-2-3-8-40(38)31-37)52(71)59-22-5-4-9-44(53(72)73)63-55(76)64-45(54(74)75)18-20-49(67)68/h2-3,7-8,13-14,17,19,31,33,36,39,43-46H,4-6,9-12,15-16,18,20-30,32,34H2,1H3,(H,58,65)(H,59,71)(H,60,70)(H,61,66)(H,62,69)(H,67,68)(H,72,73)(H,74,75)(H2,63,64,76)/t36?,39?,43-,44-,45-,46-/m0/s1. The average molecular weight is 1130 g/mol. The van der Waals surface area contributed by atoms with Gasteiger partial charge in [-0.15, -0.1) is 0 Å². The van der Waals surface area contributed by atoms with Crippen LogP contribution in [0.5, 0.6) is 5.75 Å². The van der Waals surface area contributed by atoms with Crippen molar-refractivity contribution in [1.29, 1.82) is 0 Å². The fraction of sp³-hybridized carbons (Fsp3) is 0.545. The molecule has 0 radical (unpaired) electrons. The molecular weight excluding hydrogens is 1050 g/mol. The van der Waals surface area contributed by atoms with Gasteiger partial charge in [0.15, 0.2) is 11.6 Å². The zero-order valence-corrected chi connectivity index (χ0v) is 44.9. The number of amides is 7. The van der Waals surface area contributed by atoms with Crippen molar-refractivity contribution < 1.29 is 86.2 Å². The molecule has 4 atom stereocenters. The number of ether oxygens (including phenoxy) is 4. The summed E-state index contributed by atoms with van der Waals surface area (Å²) in [7, 11) is 0. The van der Waals surface area contributed by atoms with Crippen LogP contribution in [0.2, 0.25) is 0 Å². The highest BCUT2D eigenvalue weighted by molar-refractivity contribution is 5.90. The number of carbonyl (C=O) groups excluding carboxylic acids is 6. The number of carbonyl (C=O) groups is 9. The summed E-state index contributed by atoms with van der Waals surface area (Å²) in [6, 6.07) is 10.3. The van der Waals surface area contributed by atoms with Gasteiger partial charge in [-0.2, -0.15) is 0 Å². The number of rotatable bonds is 38. The quantitative estimate of drug-likeness (QED) is 0.0368. The van der Waals surface area contributed by atoms with Crippen LogP contribution in [-0.4, -0.2) is 159 Å². The highest BCUT2D eigenvalue weighted by Crippen LogP contribution is 2.29. The van der Waals surface area contributed by atoms with Crippen LogP contribution in [-0.2, 0) is 59.0 Å². The Hall–Kier alpha value is -7.51. The predicted molar refractivity (Wildman–Crippen MR) is 285 cm³/mol. The first-order valence-corrected chi connectivity index (χ1v) is 26.8. The monoisotopic (exact) mass is 1130 g/mol. The van der Waals surface area contributed by atoms with E-state index in [-0.39, 0.29) is 108 Å². The number of halogens is 2. The van der Waals surface area contributed by atoms with E-state index >= 15 is 0 Å². The van der Waals surface area contributed by atoms with E-state index in [0.29, 0.717) is 58.1 Å². The van der Waals surface area contributed by atoms with Crippen molar-refractivity contribution in [3.63, 3.8) is 0 Å². The van der Waals surface area contributed by atoms with Gasteiger partial charge in [0.1, 0.15) is 30.0 Å². The van der Waals surface area contributed by atoms with Crippen molar-refractivity contribution in [3.8, 4) is 5.75 Å². The number of nitrogens with one attached hydrogen (secondary N) is 7. The molecule has 440 valence electrons. The molecule has 1 aliphatic rings. The van der Waals surface area contributed by atoms with Gasteiger partial charge >= 0.3 is 23.9 Å². The van der Waals surface area contributed by atoms with Crippen molar-refractivity contribution in [2.45, 2.75) is 115 Å². The molecule has 0 heterocycles. The van der Waals surface area contributed by atoms with Gasteiger partial charge in [-0.3, -0.25) is 28.8 Å². The van der Waals surface area contributed by atoms with Gasteiger partial charge in [0.2, 0.25) is 29.5 Å². The van der Waals surface area contributed by atoms with Gasteiger partial charge < -0.3 is 71.5 Å². The maximum absolute atomic E-state index is 14.2. The van der Waals surface area contributed by atoms with Crippen molar-refractivity contribution >= 4 is 64.2 Å². The number of unbranched alkanes of at least 4 members (excludes halogenated alkanes) is 1. The fourth-order valence-electron chi connectivity index (χ4n) is 8.65. The Morgan fingerprint density at radius 2 is 1.23 bits per heavy atom. The number of benzene rings is 3. The first kappa shape index (κ1) is 65.0. The van der Waals surface area contributed by atoms with E-state index < -0.39 is 96.2 Å². The normalized spacial score (nSPS) is 15.5. The average Bonchev–Trinajstić information content (AvgIpc) is 3.42. The molecule has 1 saturated carbocycles. The lowest BCUT2D eigenvalue weighted by Gasteiger charge is -2.30. The Balaban J connectivity index is 1.26. The zero-order valence-electron chi connectivity index (χ0n) is 44.9. The van der Waals surface area contributed by atoms with E-state index in [1.165, 1.54) is 6.92 Å². The van der Waals surface area contributed by atoms with Crippen molar-refractivity contribution in [1.82, 2.24) is 37.2 Å². The summed E-state index contributed by atoms with van der Waals surface area (Å²) in [5, 5.41) is 48.2. The number of hydrogen-bond donors (Lipinski definition) is 10. The topological polar surface area (TPSA) is 335 Å². The molecule has 80 heavy (non-hydrogen) atoms. The number of hydrogen-bond acceptors (Lipinski definition) is 13. The van der Waals surface area contributed by atoms with E-state index in [1.807, 2.05) is 42.5 Å². The van der Waals surface area contributed by atoms with E-state index in [2.05, 4.69) is 37.2 Å². The molecule has 3 aromatic carbocycles. The van der Waals surface area contributed by atoms with Crippen LogP contribution in [0.15, 0.2) is 60.7 Å². The molecule has 23 nitrogen and oxygen atoms in total. The molecule has 1 fully saturated rings. The third-order valence-corrected chi connectivity index (χ3v) is 13.0. The van der Waals surface area contributed by atoms with Gasteiger partial charge in [-0.05, 0) is 98.6 Å². The lowest BCUT2D eigenvalue weighted by atomic mass is 9.81. The largest absolute Gasteiger partial charge is 0.491 e. The summed E-state index contributed by atoms with van der Waals surface area (Å²) < 4.78 is 49.4. The Morgan fingerprint density at radius 1 is 0.588 bits per heavy atom. The molecule has 25 heteroatoms. The van der Waals surface area contributed by atoms with Crippen molar-refractivity contribution in [2.24, 2.45) is 11.8 Å². The van der Waals surface area contributed by atoms with Gasteiger partial charge in [0, 0.05) is 57.8 Å². The second kappa shape index (κ2) is 35.9. The van der Waals surface area contributed by atoms with Crippen molar-refractivity contribution in [3.05, 3.63) is 77.9 Å². The summed E-state index contributed by atoms with van der Waals surface area (Å²) in [5.74, 6) is -8.23. The molecular formula is C55H75F2N7O16. The second-order valence-corrected chi connectivity index (χ2v) is 19.3. The molecule has 0 unspecified atom stereocenters. The van der Waals surface area contributed by atoms with E-state index in [9.17, 15) is 62.1 Å². The molecule has 0 aromatic heterocycles. The van der Waals surface area contributed by atoms with Crippen molar-refractivity contribution in [2.75, 3.05) is 65.9 Å². The molecule has 3 aromatic rings. The lowest BCUT2D eigenvalue weighted by molar-refractivity contribution is -0.141. The number of aliphatic carboxylic acids is 3. The number of fused-ring (bicyclic) bond motifs is 1. The third-order valence-electron chi connectivity index (χ3n) is 13.0. The minimum absolute atomic E-state index is 0.0115. The van der Waals surface area contributed by atoms with Crippen LogP contribution in [0.25, 0.3) is 10.8 Å².